The van der Waals surface area contributed by atoms with Gasteiger partial charge in [0.25, 0.3) is 17.9 Å². The van der Waals surface area contributed by atoms with Crippen LogP contribution in [0.4, 0.5) is 18.9 Å². The molecule has 0 saturated carbocycles. The van der Waals surface area contributed by atoms with Crippen LogP contribution in [-0.4, -0.2) is 24.0 Å². The summed E-state index contributed by atoms with van der Waals surface area (Å²) in [4.78, 5) is 24.2. The maximum atomic E-state index is 13.7. The lowest BCUT2D eigenvalue weighted by Crippen LogP contribution is -2.26. The van der Waals surface area contributed by atoms with Crippen molar-refractivity contribution in [2.24, 2.45) is 0 Å². The molecule has 3 aromatic rings. The molecule has 0 fully saturated rings. The number of ether oxygens (including phenoxy) is 1. The smallest absolute Gasteiger partial charge is 0.286 e. The Morgan fingerprint density at radius 3 is 2.61 bits per heavy atom. The van der Waals surface area contributed by atoms with Crippen LogP contribution in [0.5, 0.6) is 5.75 Å². The third-order valence-electron chi connectivity index (χ3n) is 3.98. The lowest BCUT2D eigenvalue weighted by molar-refractivity contribution is 0.103. The summed E-state index contributed by atoms with van der Waals surface area (Å²) in [5.74, 6) is 4.58. The number of carbonyl (C=O) groups excluding carboxylic acids is 1. The second-order valence-corrected chi connectivity index (χ2v) is 7.81. The Morgan fingerprint density at radius 2 is 1.97 bits per heavy atom. The van der Waals surface area contributed by atoms with Crippen LogP contribution < -0.4 is 15.6 Å². The molecule has 0 atom stereocenters. The van der Waals surface area contributed by atoms with E-state index in [2.05, 4.69) is 17.2 Å². The lowest BCUT2D eigenvalue weighted by atomic mass is 10.2. The second-order valence-electron chi connectivity index (χ2n) is 6.16. The minimum atomic E-state index is -2.86. The zero-order valence-electron chi connectivity index (χ0n) is 15.9. The Hall–Kier alpha value is -3.22. The molecule has 1 N–H and O–H groups in total. The van der Waals surface area contributed by atoms with Crippen molar-refractivity contribution in [1.82, 2.24) is 4.57 Å². The monoisotopic (exact) mass is 466 g/mol. The minimum absolute atomic E-state index is 0.141. The summed E-state index contributed by atoms with van der Waals surface area (Å²) < 4.78 is 44.7. The van der Waals surface area contributed by atoms with E-state index in [1.54, 1.807) is 31.4 Å². The van der Waals surface area contributed by atoms with Gasteiger partial charge in [-0.15, -0.1) is 11.3 Å². The van der Waals surface area contributed by atoms with Crippen molar-refractivity contribution in [2.45, 2.75) is 13.0 Å². The number of pyridine rings is 1. The molecule has 2 aromatic heterocycles. The van der Waals surface area contributed by atoms with E-state index in [0.29, 0.717) is 21.4 Å². The fourth-order valence-corrected chi connectivity index (χ4v) is 3.61. The highest BCUT2D eigenvalue weighted by atomic mass is 35.5. The summed E-state index contributed by atoms with van der Waals surface area (Å²) in [6, 6.07) is 9.27. The van der Waals surface area contributed by atoms with E-state index in [0.717, 1.165) is 23.6 Å². The van der Waals surface area contributed by atoms with E-state index in [4.69, 9.17) is 16.3 Å². The first kappa shape index (κ1) is 22.5. The molecule has 31 heavy (non-hydrogen) atoms. The number of rotatable bonds is 5. The molecule has 0 radical (unpaired) electrons. The molecule has 0 unspecified atom stereocenters. The van der Waals surface area contributed by atoms with Gasteiger partial charge in [0.05, 0.1) is 29.8 Å². The number of hydrogen-bond donors (Lipinski definition) is 1. The zero-order chi connectivity index (χ0) is 22.5. The number of benzene rings is 1. The van der Waals surface area contributed by atoms with Crippen molar-refractivity contribution in [3.05, 3.63) is 79.1 Å². The fraction of sp³-hybridized carbons (Fsp3) is 0.143. The molecular weight excluding hydrogens is 453 g/mol. The average molecular weight is 467 g/mol. The molecule has 0 saturated heterocycles. The summed E-state index contributed by atoms with van der Waals surface area (Å²) in [6.07, 6.45) is -1.90. The van der Waals surface area contributed by atoms with E-state index < -0.39 is 30.3 Å². The van der Waals surface area contributed by atoms with Gasteiger partial charge in [0, 0.05) is 17.8 Å². The van der Waals surface area contributed by atoms with Crippen LogP contribution in [0.3, 0.4) is 0 Å². The molecule has 3 rings (SSSR count). The standard InChI is InChI=1S/C21H14ClF3N2O3S/c1-30-15-6-3-12(4-7-15)2-5-13-8-17(31-19(13)22)20(28)26-14-9-16(23)21(29)27(10-14)11-18(24)25/h3-4,6-10,18H,11H2,1H3,(H,26,28). The molecule has 160 valence electrons. The van der Waals surface area contributed by atoms with E-state index >= 15 is 0 Å². The Bertz CT molecular complexity index is 1230. The van der Waals surface area contributed by atoms with Crippen molar-refractivity contribution in [3.8, 4) is 17.6 Å². The zero-order valence-corrected chi connectivity index (χ0v) is 17.5. The average Bonchev–Trinajstić information content (AvgIpc) is 3.11. The highest BCUT2D eigenvalue weighted by Gasteiger charge is 2.16. The SMILES string of the molecule is COc1ccc(C#Cc2cc(C(=O)Nc3cc(F)c(=O)n(CC(F)F)c3)sc2Cl)cc1. The van der Waals surface area contributed by atoms with Crippen LogP contribution in [-0.2, 0) is 6.54 Å². The van der Waals surface area contributed by atoms with Crippen LogP contribution in [0, 0.1) is 17.7 Å². The molecule has 0 spiro atoms. The number of methoxy groups -OCH3 is 1. The third kappa shape index (κ3) is 5.69. The molecule has 0 bridgehead atoms. The molecule has 5 nitrogen and oxygen atoms in total. The Balaban J connectivity index is 1.79. The van der Waals surface area contributed by atoms with Crippen molar-refractivity contribution in [3.63, 3.8) is 0 Å². The van der Waals surface area contributed by atoms with E-state index in [9.17, 15) is 22.8 Å². The Labute approximate surface area is 184 Å². The van der Waals surface area contributed by atoms with Crippen LogP contribution in [0.2, 0.25) is 4.34 Å². The van der Waals surface area contributed by atoms with Crippen LogP contribution in [0.25, 0.3) is 0 Å². The first-order valence-corrected chi connectivity index (χ1v) is 9.91. The van der Waals surface area contributed by atoms with Gasteiger partial charge in [-0.2, -0.15) is 0 Å². The molecule has 10 heteroatoms. The summed E-state index contributed by atoms with van der Waals surface area (Å²) in [5, 5.41) is 2.37. The van der Waals surface area contributed by atoms with E-state index in [1.165, 1.54) is 6.07 Å². The maximum Gasteiger partial charge on any atom is 0.286 e. The van der Waals surface area contributed by atoms with Crippen LogP contribution in [0.15, 0.2) is 47.4 Å². The number of carbonyl (C=O) groups is 1. The van der Waals surface area contributed by atoms with Gasteiger partial charge >= 0.3 is 0 Å². The van der Waals surface area contributed by atoms with Gasteiger partial charge in [-0.1, -0.05) is 23.4 Å². The molecular formula is C21H14ClF3N2O3S. The topological polar surface area (TPSA) is 60.3 Å². The highest BCUT2D eigenvalue weighted by molar-refractivity contribution is 7.18. The molecule has 0 aliphatic heterocycles. The Morgan fingerprint density at radius 1 is 1.26 bits per heavy atom. The number of hydrogen-bond acceptors (Lipinski definition) is 4. The number of aromatic nitrogens is 1. The summed E-state index contributed by atoms with van der Waals surface area (Å²) >= 11 is 7.12. The number of nitrogens with one attached hydrogen (secondary N) is 1. The summed E-state index contributed by atoms with van der Waals surface area (Å²) in [7, 11) is 1.56. The molecule has 0 aliphatic carbocycles. The largest absolute Gasteiger partial charge is 0.497 e. The Kier molecular flexibility index (Phi) is 7.05. The molecule has 1 amide bonds. The minimum Gasteiger partial charge on any atom is -0.497 e. The van der Waals surface area contributed by atoms with Gasteiger partial charge in [-0.25, -0.2) is 13.2 Å². The third-order valence-corrected chi connectivity index (χ3v) is 5.33. The number of halogens is 4. The maximum absolute atomic E-state index is 13.7. The number of thiophene rings is 1. The van der Waals surface area contributed by atoms with Gasteiger partial charge in [-0.3, -0.25) is 9.59 Å². The second kappa shape index (κ2) is 9.73. The van der Waals surface area contributed by atoms with Gasteiger partial charge in [0.2, 0.25) is 0 Å². The van der Waals surface area contributed by atoms with Crippen molar-refractivity contribution < 1.29 is 22.7 Å². The van der Waals surface area contributed by atoms with Crippen LogP contribution >= 0.6 is 22.9 Å². The predicted octanol–water partition coefficient (Wildman–Crippen LogP) is 4.63. The van der Waals surface area contributed by atoms with Crippen molar-refractivity contribution in [1.29, 1.82) is 0 Å². The first-order chi connectivity index (χ1) is 14.8. The number of anilines is 1. The molecule has 2 heterocycles. The van der Waals surface area contributed by atoms with E-state index in [-0.39, 0.29) is 14.9 Å². The normalized spacial score (nSPS) is 10.5. The van der Waals surface area contributed by atoms with Gasteiger partial charge in [0.1, 0.15) is 10.1 Å². The number of amides is 1. The summed E-state index contributed by atoms with van der Waals surface area (Å²) in [6.45, 7) is -0.991. The van der Waals surface area contributed by atoms with Crippen molar-refractivity contribution in [2.75, 3.05) is 12.4 Å². The van der Waals surface area contributed by atoms with Gasteiger partial charge in [-0.05, 0) is 30.3 Å². The van der Waals surface area contributed by atoms with Crippen molar-refractivity contribution >= 4 is 34.5 Å². The number of nitrogens with zero attached hydrogens (tertiary/aromatic N) is 1. The van der Waals surface area contributed by atoms with E-state index in [1.807, 2.05) is 0 Å². The fourth-order valence-electron chi connectivity index (χ4n) is 2.52. The summed E-state index contributed by atoms with van der Waals surface area (Å²) in [5.41, 5.74) is -0.209. The predicted molar refractivity (Wildman–Crippen MR) is 113 cm³/mol. The van der Waals surface area contributed by atoms with Gasteiger partial charge in [0.15, 0.2) is 5.82 Å². The molecule has 1 aromatic carbocycles. The molecule has 0 aliphatic rings. The lowest BCUT2D eigenvalue weighted by Gasteiger charge is -2.09. The van der Waals surface area contributed by atoms with Gasteiger partial charge < -0.3 is 14.6 Å². The number of alkyl halides is 2. The highest BCUT2D eigenvalue weighted by Crippen LogP contribution is 2.28. The quantitative estimate of drug-likeness (QED) is 0.558. The van der Waals surface area contributed by atoms with Crippen LogP contribution in [0.1, 0.15) is 20.8 Å². The first-order valence-electron chi connectivity index (χ1n) is 8.71.